The van der Waals surface area contributed by atoms with Gasteiger partial charge in [-0.25, -0.2) is 21.2 Å². The van der Waals surface area contributed by atoms with Crippen LogP contribution in [0.3, 0.4) is 0 Å². The van der Waals surface area contributed by atoms with Gasteiger partial charge in [-0.15, -0.1) is 0 Å². The van der Waals surface area contributed by atoms with Gasteiger partial charge in [-0.3, -0.25) is 4.72 Å². The van der Waals surface area contributed by atoms with Crippen molar-refractivity contribution >= 4 is 25.5 Å². The largest absolute Gasteiger partial charge is 0.326 e. The molecule has 102 valence electrons. The smallest absolute Gasteiger partial charge is 0.247 e. The molecule has 0 aromatic heterocycles. The first-order chi connectivity index (χ1) is 8.14. The monoisotopic (exact) mass is 296 g/mol. The van der Waals surface area contributed by atoms with Crippen LogP contribution in [-0.4, -0.2) is 28.2 Å². The molecule has 0 bridgehead atoms. The van der Waals surface area contributed by atoms with Gasteiger partial charge in [0.2, 0.25) is 10.0 Å². The second-order valence-electron chi connectivity index (χ2n) is 3.73. The molecule has 0 aliphatic rings. The normalized spacial score (nSPS) is 12.4. The summed E-state index contributed by atoms with van der Waals surface area (Å²) in [5, 5.41) is -1.07. The van der Waals surface area contributed by atoms with Gasteiger partial charge >= 0.3 is 0 Å². The highest BCUT2D eigenvalue weighted by molar-refractivity contribution is 8.08. The number of nitrogens with two attached hydrogens (primary N) is 1. The van der Waals surface area contributed by atoms with Gasteiger partial charge in [-0.05, 0) is 12.1 Å². The van der Waals surface area contributed by atoms with Gasteiger partial charge in [0.25, 0.3) is 0 Å². The number of hydrogen-bond donors (Lipinski definition) is 2. The summed E-state index contributed by atoms with van der Waals surface area (Å²) in [4.78, 5) is 0. The Labute approximate surface area is 105 Å². The number of nitrogens with one attached hydrogen (secondary N) is 1. The molecule has 0 aliphatic heterocycles. The van der Waals surface area contributed by atoms with Crippen LogP contribution < -0.4 is 10.5 Å². The van der Waals surface area contributed by atoms with Gasteiger partial charge in [0, 0.05) is 18.4 Å². The predicted molar refractivity (Wildman–Crippen MR) is 66.5 cm³/mol. The van der Waals surface area contributed by atoms with Gasteiger partial charge in [0.15, 0.2) is 14.9 Å². The second kappa shape index (κ2) is 5.21. The van der Waals surface area contributed by atoms with Crippen molar-refractivity contribution in [3.8, 4) is 0 Å². The summed E-state index contributed by atoms with van der Waals surface area (Å²) in [6, 6.07) is 3.74. The van der Waals surface area contributed by atoms with E-state index in [1.807, 2.05) is 4.72 Å². The molecule has 0 amide bonds. The van der Waals surface area contributed by atoms with Crippen molar-refractivity contribution in [1.29, 1.82) is 0 Å². The molecule has 0 unspecified atom stereocenters. The van der Waals surface area contributed by atoms with E-state index in [-0.39, 0.29) is 17.8 Å². The lowest BCUT2D eigenvalue weighted by molar-refractivity contribution is 0.594. The minimum Gasteiger partial charge on any atom is -0.326 e. The summed E-state index contributed by atoms with van der Waals surface area (Å²) in [6.45, 7) is -0.205. The van der Waals surface area contributed by atoms with Crippen LogP contribution >= 0.6 is 0 Å². The van der Waals surface area contributed by atoms with Crippen molar-refractivity contribution in [1.82, 2.24) is 0 Å². The molecule has 0 aliphatic carbocycles. The Bertz CT molecular complexity index is 641. The fraction of sp³-hybridized carbons (Fsp3) is 0.333. The zero-order chi connectivity index (χ0) is 14.0. The molecular weight excluding hydrogens is 283 g/mol. The Kier molecular flexibility index (Phi) is 4.30. The fourth-order valence-electron chi connectivity index (χ4n) is 1.34. The predicted octanol–water partition coefficient (Wildman–Crippen LogP) is 0.0282. The number of rotatable bonds is 5. The Morgan fingerprint density at radius 3 is 2.39 bits per heavy atom. The minimum absolute atomic E-state index is 0.0189. The van der Waals surface area contributed by atoms with Crippen LogP contribution in [0.2, 0.25) is 0 Å². The van der Waals surface area contributed by atoms with Gasteiger partial charge in [-0.2, -0.15) is 0 Å². The highest BCUT2D eigenvalue weighted by atomic mass is 32.3. The lowest BCUT2D eigenvalue weighted by Gasteiger charge is -2.11. The quantitative estimate of drug-likeness (QED) is 0.797. The number of anilines is 1. The number of sulfonamides is 1. The van der Waals surface area contributed by atoms with Crippen LogP contribution in [0.15, 0.2) is 18.2 Å². The topological polar surface area (TPSA) is 106 Å². The standard InChI is InChI=1S/C9H13FN2O4S2/c1-17(13,14)6-18(15,16)12-9-4-2-3-8(10)7(9)5-11/h2-4,12H,5-6,11H2,1H3. The highest BCUT2D eigenvalue weighted by Gasteiger charge is 2.19. The van der Waals surface area contributed by atoms with Crippen molar-refractivity contribution < 1.29 is 21.2 Å². The van der Waals surface area contributed by atoms with E-state index in [0.29, 0.717) is 0 Å². The molecule has 0 saturated carbocycles. The van der Waals surface area contributed by atoms with Crippen molar-refractivity contribution in [2.45, 2.75) is 6.54 Å². The summed E-state index contributed by atoms with van der Waals surface area (Å²) >= 11 is 0. The molecule has 6 nitrogen and oxygen atoms in total. The molecule has 3 N–H and O–H groups in total. The van der Waals surface area contributed by atoms with Crippen molar-refractivity contribution in [2.24, 2.45) is 5.73 Å². The molecule has 0 atom stereocenters. The summed E-state index contributed by atoms with van der Waals surface area (Å²) in [5.74, 6) is -0.656. The molecule has 0 radical (unpaired) electrons. The number of benzene rings is 1. The summed E-state index contributed by atoms with van der Waals surface area (Å²) < 4.78 is 60.3. The SMILES string of the molecule is CS(=O)(=O)CS(=O)(=O)Nc1cccc(F)c1CN. The third kappa shape index (κ3) is 4.24. The maximum Gasteiger partial charge on any atom is 0.247 e. The van der Waals surface area contributed by atoms with E-state index in [1.54, 1.807) is 0 Å². The van der Waals surface area contributed by atoms with E-state index < -0.39 is 30.8 Å². The van der Waals surface area contributed by atoms with E-state index in [2.05, 4.69) is 0 Å². The van der Waals surface area contributed by atoms with E-state index in [0.717, 1.165) is 12.3 Å². The summed E-state index contributed by atoms with van der Waals surface area (Å²) in [6.07, 6.45) is 0.793. The van der Waals surface area contributed by atoms with Crippen LogP contribution in [0.25, 0.3) is 0 Å². The summed E-state index contributed by atoms with van der Waals surface area (Å²) in [7, 11) is -7.81. The molecule has 9 heteroatoms. The number of hydrogen-bond acceptors (Lipinski definition) is 5. The van der Waals surface area contributed by atoms with Crippen LogP contribution in [0.5, 0.6) is 0 Å². The Hall–Kier alpha value is -1.19. The molecule has 18 heavy (non-hydrogen) atoms. The molecule has 0 saturated heterocycles. The van der Waals surface area contributed by atoms with Crippen molar-refractivity contribution in [3.63, 3.8) is 0 Å². The lowest BCUT2D eigenvalue weighted by Crippen LogP contribution is -2.23. The summed E-state index contributed by atoms with van der Waals surface area (Å²) in [5.41, 5.74) is 5.23. The molecule has 1 aromatic carbocycles. The average Bonchev–Trinajstić information content (AvgIpc) is 2.13. The first-order valence-corrected chi connectivity index (χ1v) is 8.51. The van der Waals surface area contributed by atoms with Gasteiger partial charge in [0.1, 0.15) is 5.82 Å². The minimum atomic E-state index is -4.10. The average molecular weight is 296 g/mol. The molecule has 0 heterocycles. The second-order valence-corrected chi connectivity index (χ2v) is 7.96. The Morgan fingerprint density at radius 2 is 1.89 bits per heavy atom. The Morgan fingerprint density at radius 1 is 1.28 bits per heavy atom. The van der Waals surface area contributed by atoms with Gasteiger partial charge in [0.05, 0.1) is 5.69 Å². The fourth-order valence-corrected chi connectivity index (χ4v) is 4.36. The van der Waals surface area contributed by atoms with Gasteiger partial charge in [-0.1, -0.05) is 6.07 Å². The number of halogens is 1. The Balaban J connectivity index is 3.09. The highest BCUT2D eigenvalue weighted by Crippen LogP contribution is 2.19. The first kappa shape index (κ1) is 14.9. The van der Waals surface area contributed by atoms with Crippen LogP contribution in [0, 0.1) is 5.82 Å². The van der Waals surface area contributed by atoms with Crippen molar-refractivity contribution in [3.05, 3.63) is 29.6 Å². The van der Waals surface area contributed by atoms with Crippen LogP contribution in [-0.2, 0) is 26.4 Å². The van der Waals surface area contributed by atoms with E-state index in [1.165, 1.54) is 12.1 Å². The first-order valence-electron chi connectivity index (χ1n) is 4.80. The third-order valence-electron chi connectivity index (χ3n) is 1.96. The number of sulfone groups is 1. The molecule has 1 rings (SSSR count). The van der Waals surface area contributed by atoms with E-state index in [4.69, 9.17) is 5.73 Å². The molecule has 1 aromatic rings. The van der Waals surface area contributed by atoms with Gasteiger partial charge < -0.3 is 5.73 Å². The van der Waals surface area contributed by atoms with E-state index in [9.17, 15) is 21.2 Å². The van der Waals surface area contributed by atoms with E-state index >= 15 is 0 Å². The zero-order valence-corrected chi connectivity index (χ0v) is 11.2. The molecular formula is C9H13FN2O4S2. The van der Waals surface area contributed by atoms with Crippen LogP contribution in [0.1, 0.15) is 5.56 Å². The maximum atomic E-state index is 13.3. The van der Waals surface area contributed by atoms with Crippen LogP contribution in [0.4, 0.5) is 10.1 Å². The van der Waals surface area contributed by atoms with Crippen molar-refractivity contribution in [2.75, 3.05) is 16.1 Å². The maximum absolute atomic E-state index is 13.3. The zero-order valence-electron chi connectivity index (χ0n) is 9.55. The third-order valence-corrected chi connectivity index (χ3v) is 5.44. The lowest BCUT2D eigenvalue weighted by atomic mass is 10.2. The molecule has 0 fully saturated rings. The molecule has 0 spiro atoms.